The molecule has 7 heteroatoms. The first-order valence-electron chi connectivity index (χ1n) is 5.11. The van der Waals surface area contributed by atoms with E-state index >= 15 is 0 Å². The fourth-order valence-electron chi connectivity index (χ4n) is 1.58. The minimum Gasteiger partial charge on any atom is -0.346 e. The number of nitrogens with one attached hydrogen (secondary N) is 1. The van der Waals surface area contributed by atoms with Gasteiger partial charge in [-0.1, -0.05) is 11.3 Å². The third kappa shape index (κ3) is 2.31. The van der Waals surface area contributed by atoms with E-state index < -0.39 is 0 Å². The second-order valence-corrected chi connectivity index (χ2v) is 4.78. The number of nitrogens with zero attached hydrogens (tertiary/aromatic N) is 3. The van der Waals surface area contributed by atoms with Crippen LogP contribution in [0.15, 0.2) is 6.20 Å². The first-order chi connectivity index (χ1) is 7.70. The zero-order valence-corrected chi connectivity index (χ0v) is 9.96. The lowest BCUT2D eigenvalue weighted by molar-refractivity contribution is 0.0957. The largest absolute Gasteiger partial charge is 0.346 e. The molecule has 0 radical (unpaired) electrons. The van der Waals surface area contributed by atoms with Crippen molar-refractivity contribution < 1.29 is 4.79 Å². The normalized spacial score (nSPS) is 17.5. The van der Waals surface area contributed by atoms with Crippen LogP contribution in [0.25, 0.3) is 0 Å². The summed E-state index contributed by atoms with van der Waals surface area (Å²) < 4.78 is 0. The summed E-state index contributed by atoms with van der Waals surface area (Å²) in [6.07, 6.45) is 1.57. The van der Waals surface area contributed by atoms with Crippen molar-refractivity contribution in [3.05, 3.63) is 11.1 Å². The number of rotatable bonds is 2. The predicted octanol–water partition coefficient (Wildman–Crippen LogP) is -0.502. The summed E-state index contributed by atoms with van der Waals surface area (Å²) in [7, 11) is 2.10. The van der Waals surface area contributed by atoms with Crippen molar-refractivity contribution >= 4 is 22.4 Å². The van der Waals surface area contributed by atoms with Crippen LogP contribution in [-0.4, -0.2) is 49.0 Å². The number of thiazole rings is 1. The van der Waals surface area contributed by atoms with Crippen LogP contribution in [0.2, 0.25) is 0 Å². The Hall–Kier alpha value is -1.18. The van der Waals surface area contributed by atoms with Gasteiger partial charge in [-0.25, -0.2) is 10.8 Å². The summed E-state index contributed by atoms with van der Waals surface area (Å²) in [4.78, 5) is 20.5. The second kappa shape index (κ2) is 4.77. The topological polar surface area (TPSA) is 74.5 Å². The van der Waals surface area contributed by atoms with Crippen molar-refractivity contribution in [1.29, 1.82) is 0 Å². The molecule has 1 aromatic heterocycles. The number of hydrogen-bond acceptors (Lipinski definition) is 6. The summed E-state index contributed by atoms with van der Waals surface area (Å²) in [6.45, 7) is 3.96. The molecule has 0 unspecified atom stereocenters. The highest BCUT2D eigenvalue weighted by atomic mass is 32.1. The minimum absolute atomic E-state index is 0.280. The molecule has 0 aliphatic carbocycles. The van der Waals surface area contributed by atoms with E-state index in [4.69, 9.17) is 5.84 Å². The summed E-state index contributed by atoms with van der Waals surface area (Å²) in [5.74, 6) is 4.79. The van der Waals surface area contributed by atoms with Crippen molar-refractivity contribution in [1.82, 2.24) is 15.3 Å². The van der Waals surface area contributed by atoms with E-state index in [9.17, 15) is 4.79 Å². The molecule has 0 bridgehead atoms. The highest BCUT2D eigenvalue weighted by molar-refractivity contribution is 7.17. The van der Waals surface area contributed by atoms with Crippen LogP contribution < -0.4 is 16.2 Å². The molecule has 16 heavy (non-hydrogen) atoms. The molecule has 2 rings (SSSR count). The summed E-state index contributed by atoms with van der Waals surface area (Å²) in [5.41, 5.74) is 2.11. The van der Waals surface area contributed by atoms with Crippen LogP contribution in [0.4, 0.5) is 5.13 Å². The maximum Gasteiger partial charge on any atom is 0.276 e. The Morgan fingerprint density at radius 3 is 2.81 bits per heavy atom. The highest BCUT2D eigenvalue weighted by Crippen LogP contribution is 2.23. The van der Waals surface area contributed by atoms with Crippen molar-refractivity contribution in [2.24, 2.45) is 5.84 Å². The van der Waals surface area contributed by atoms with Gasteiger partial charge in [0.1, 0.15) is 4.88 Å². The number of aromatic nitrogens is 1. The van der Waals surface area contributed by atoms with Crippen LogP contribution in [0.3, 0.4) is 0 Å². The average molecular weight is 241 g/mol. The van der Waals surface area contributed by atoms with E-state index in [1.54, 1.807) is 6.20 Å². The van der Waals surface area contributed by atoms with Crippen LogP contribution >= 0.6 is 11.3 Å². The number of hydrogen-bond donors (Lipinski definition) is 2. The average Bonchev–Trinajstić information content (AvgIpc) is 2.78. The summed E-state index contributed by atoms with van der Waals surface area (Å²) in [5, 5.41) is 0.895. The lowest BCUT2D eigenvalue weighted by atomic mass is 10.3. The maximum atomic E-state index is 11.3. The zero-order chi connectivity index (χ0) is 11.5. The fourth-order valence-corrected chi connectivity index (χ4v) is 2.46. The third-order valence-corrected chi connectivity index (χ3v) is 3.68. The van der Waals surface area contributed by atoms with Crippen molar-refractivity contribution in [2.45, 2.75) is 0 Å². The Morgan fingerprint density at radius 2 is 2.19 bits per heavy atom. The Labute approximate surface area is 98.0 Å². The monoisotopic (exact) mass is 241 g/mol. The van der Waals surface area contributed by atoms with Gasteiger partial charge in [0.05, 0.1) is 6.20 Å². The fraction of sp³-hybridized carbons (Fsp3) is 0.556. The molecule has 1 amide bonds. The number of carbonyl (C=O) groups excluding carboxylic acids is 1. The number of amides is 1. The van der Waals surface area contributed by atoms with Gasteiger partial charge in [-0.05, 0) is 7.05 Å². The van der Waals surface area contributed by atoms with Gasteiger partial charge in [-0.15, -0.1) is 0 Å². The second-order valence-electron chi connectivity index (χ2n) is 3.77. The van der Waals surface area contributed by atoms with Gasteiger partial charge in [-0.3, -0.25) is 10.2 Å². The number of nitrogens with two attached hydrogens (primary N) is 1. The Balaban J connectivity index is 2.04. The van der Waals surface area contributed by atoms with E-state index in [0.717, 1.165) is 31.3 Å². The zero-order valence-electron chi connectivity index (χ0n) is 9.14. The standard InChI is InChI=1S/C9H15N5OS/c1-13-2-4-14(5-3-13)9-11-6-7(16-9)8(15)12-10/h6H,2-5,10H2,1H3,(H,12,15). The molecule has 0 aromatic carbocycles. The van der Waals surface area contributed by atoms with Crippen LogP contribution in [0.5, 0.6) is 0 Å². The number of carbonyl (C=O) groups is 1. The van der Waals surface area contributed by atoms with E-state index in [2.05, 4.69) is 27.3 Å². The van der Waals surface area contributed by atoms with Gasteiger partial charge in [0.15, 0.2) is 5.13 Å². The van der Waals surface area contributed by atoms with Crippen LogP contribution in [0, 0.1) is 0 Å². The molecule has 0 saturated carbocycles. The molecule has 1 aliphatic heterocycles. The van der Waals surface area contributed by atoms with E-state index in [1.807, 2.05) is 0 Å². The molecule has 2 heterocycles. The lowest BCUT2D eigenvalue weighted by Gasteiger charge is -2.32. The molecule has 3 N–H and O–H groups in total. The maximum absolute atomic E-state index is 11.3. The molecule has 0 atom stereocenters. The van der Waals surface area contributed by atoms with Gasteiger partial charge in [0, 0.05) is 26.2 Å². The summed E-state index contributed by atoms with van der Waals surface area (Å²) in [6, 6.07) is 0. The molecule has 88 valence electrons. The molecule has 1 fully saturated rings. The number of hydrazine groups is 1. The van der Waals surface area contributed by atoms with Gasteiger partial charge < -0.3 is 9.80 Å². The Kier molecular flexibility index (Phi) is 3.37. The van der Waals surface area contributed by atoms with Crippen molar-refractivity contribution in [2.75, 3.05) is 38.1 Å². The lowest BCUT2D eigenvalue weighted by Crippen LogP contribution is -2.44. The number of nitrogen functional groups attached to an aromatic ring is 1. The smallest absolute Gasteiger partial charge is 0.276 e. The number of piperazine rings is 1. The van der Waals surface area contributed by atoms with Crippen molar-refractivity contribution in [3.8, 4) is 0 Å². The number of anilines is 1. The summed E-state index contributed by atoms with van der Waals surface area (Å²) >= 11 is 1.38. The third-order valence-electron chi connectivity index (χ3n) is 2.62. The molecule has 0 spiro atoms. The van der Waals surface area contributed by atoms with Crippen molar-refractivity contribution in [3.63, 3.8) is 0 Å². The first kappa shape index (κ1) is 11.3. The molecular formula is C9H15N5OS. The predicted molar refractivity (Wildman–Crippen MR) is 63.5 cm³/mol. The molecule has 6 nitrogen and oxygen atoms in total. The van der Waals surface area contributed by atoms with E-state index in [-0.39, 0.29) is 5.91 Å². The SMILES string of the molecule is CN1CCN(c2ncc(C(=O)NN)s2)CC1. The van der Waals surface area contributed by atoms with Crippen LogP contribution in [0.1, 0.15) is 9.67 Å². The first-order valence-corrected chi connectivity index (χ1v) is 5.92. The van der Waals surface area contributed by atoms with Crippen LogP contribution in [-0.2, 0) is 0 Å². The number of likely N-dealkylation sites (N-methyl/N-ethyl adjacent to an activating group) is 1. The molecular weight excluding hydrogens is 226 g/mol. The minimum atomic E-state index is -0.280. The molecule has 1 aromatic rings. The van der Waals surface area contributed by atoms with Gasteiger partial charge in [0.25, 0.3) is 5.91 Å². The van der Waals surface area contributed by atoms with Gasteiger partial charge in [0.2, 0.25) is 0 Å². The van der Waals surface area contributed by atoms with E-state index in [0.29, 0.717) is 4.88 Å². The van der Waals surface area contributed by atoms with Gasteiger partial charge >= 0.3 is 0 Å². The quantitative estimate of drug-likeness (QED) is 0.415. The Morgan fingerprint density at radius 1 is 1.50 bits per heavy atom. The molecule has 1 aliphatic rings. The Bertz CT molecular complexity index is 372. The van der Waals surface area contributed by atoms with Gasteiger partial charge in [-0.2, -0.15) is 0 Å². The molecule has 1 saturated heterocycles. The highest BCUT2D eigenvalue weighted by Gasteiger charge is 2.18. The van der Waals surface area contributed by atoms with E-state index in [1.165, 1.54) is 11.3 Å².